The van der Waals surface area contributed by atoms with Gasteiger partial charge in [0.1, 0.15) is 23.3 Å². The summed E-state index contributed by atoms with van der Waals surface area (Å²) in [5, 5.41) is 0.515. The van der Waals surface area contributed by atoms with Crippen LogP contribution in [0.5, 0.6) is 17.2 Å². The second-order valence-electron chi connectivity index (χ2n) is 8.76. The van der Waals surface area contributed by atoms with E-state index in [0.29, 0.717) is 48.4 Å². The SMILES string of the molecule is CCOC(=O)C1=C(C)N=c2s/c(=C/c3cc(Cl)ccc3OC(C)C)c(=O)n2[C@H]1c1ccc(OC)cc1OC. The van der Waals surface area contributed by atoms with E-state index >= 15 is 0 Å². The molecule has 1 aromatic heterocycles. The van der Waals surface area contributed by atoms with Gasteiger partial charge < -0.3 is 18.9 Å². The Morgan fingerprint density at radius 3 is 2.58 bits per heavy atom. The van der Waals surface area contributed by atoms with Crippen LogP contribution >= 0.6 is 22.9 Å². The predicted octanol–water partition coefficient (Wildman–Crippen LogP) is 4.26. The number of nitrogens with zero attached hydrogens (tertiary/aromatic N) is 2. The van der Waals surface area contributed by atoms with E-state index in [2.05, 4.69) is 4.99 Å². The van der Waals surface area contributed by atoms with Crippen molar-refractivity contribution in [3.8, 4) is 17.2 Å². The summed E-state index contributed by atoms with van der Waals surface area (Å²) in [7, 11) is 3.08. The summed E-state index contributed by atoms with van der Waals surface area (Å²) in [6.07, 6.45) is 1.67. The largest absolute Gasteiger partial charge is 0.497 e. The van der Waals surface area contributed by atoms with Crippen molar-refractivity contribution < 1.29 is 23.7 Å². The normalized spacial score (nSPS) is 15.3. The van der Waals surface area contributed by atoms with Gasteiger partial charge in [-0.3, -0.25) is 9.36 Å². The quantitative estimate of drug-likeness (QED) is 0.385. The van der Waals surface area contributed by atoms with Gasteiger partial charge in [0.25, 0.3) is 5.56 Å². The fraction of sp³-hybridized carbons (Fsp3) is 0.321. The number of esters is 1. The highest BCUT2D eigenvalue weighted by atomic mass is 35.5. The molecule has 4 rings (SSSR count). The van der Waals surface area contributed by atoms with E-state index in [0.717, 1.165) is 0 Å². The Morgan fingerprint density at radius 1 is 1.16 bits per heavy atom. The number of methoxy groups -OCH3 is 2. The summed E-state index contributed by atoms with van der Waals surface area (Å²) >= 11 is 7.49. The molecule has 8 nitrogen and oxygen atoms in total. The molecule has 1 aliphatic rings. The van der Waals surface area contributed by atoms with Crippen molar-refractivity contribution in [1.82, 2.24) is 4.57 Å². The van der Waals surface area contributed by atoms with Crippen molar-refractivity contribution in [2.45, 2.75) is 39.8 Å². The first-order valence-corrected chi connectivity index (χ1v) is 13.3. The Balaban J connectivity index is 1.99. The monoisotopic (exact) mass is 556 g/mol. The molecule has 2 aromatic carbocycles. The summed E-state index contributed by atoms with van der Waals surface area (Å²) in [5.41, 5.74) is 1.68. The molecule has 200 valence electrons. The lowest BCUT2D eigenvalue weighted by molar-refractivity contribution is -0.139. The van der Waals surface area contributed by atoms with Crippen LogP contribution in [-0.2, 0) is 9.53 Å². The molecule has 0 radical (unpaired) electrons. The molecule has 1 aliphatic heterocycles. The number of carbonyl (C=O) groups excluding carboxylic acids is 1. The van der Waals surface area contributed by atoms with Gasteiger partial charge in [0.05, 0.1) is 42.7 Å². The van der Waals surface area contributed by atoms with Crippen LogP contribution < -0.4 is 29.1 Å². The van der Waals surface area contributed by atoms with Crippen molar-refractivity contribution in [2.24, 2.45) is 4.99 Å². The van der Waals surface area contributed by atoms with Crippen LogP contribution in [0.4, 0.5) is 0 Å². The smallest absolute Gasteiger partial charge is 0.338 e. The molecule has 0 unspecified atom stereocenters. The maximum atomic E-state index is 13.9. The summed E-state index contributed by atoms with van der Waals surface area (Å²) in [4.78, 5) is 32.2. The first-order chi connectivity index (χ1) is 18.2. The number of thiazole rings is 1. The highest BCUT2D eigenvalue weighted by molar-refractivity contribution is 7.07. The molecular weight excluding hydrogens is 528 g/mol. The average Bonchev–Trinajstić information content (AvgIpc) is 3.18. The molecule has 0 saturated carbocycles. The Labute approximate surface area is 229 Å². The highest BCUT2D eigenvalue weighted by Gasteiger charge is 2.35. The van der Waals surface area contributed by atoms with E-state index in [1.807, 2.05) is 13.8 Å². The number of benzene rings is 2. The second kappa shape index (κ2) is 11.4. The Hall–Kier alpha value is -3.56. The fourth-order valence-electron chi connectivity index (χ4n) is 4.26. The van der Waals surface area contributed by atoms with E-state index in [-0.39, 0.29) is 23.8 Å². The first kappa shape index (κ1) is 27.5. The molecule has 2 heterocycles. The fourth-order valence-corrected chi connectivity index (χ4v) is 5.48. The standard InChI is InChI=1S/C28H29ClN2O6S/c1-7-36-27(33)24-16(4)30-28-31(25(24)20-10-9-19(34-5)14-22(20)35-6)26(32)23(38-28)13-17-12-18(29)8-11-21(17)37-15(2)3/h8-15,25H,7H2,1-6H3/b23-13+/t25-/m0/s1. The molecule has 0 aliphatic carbocycles. The third-order valence-corrected chi connectivity index (χ3v) is 7.09. The topological polar surface area (TPSA) is 88.4 Å². The van der Waals surface area contributed by atoms with E-state index in [4.69, 9.17) is 30.5 Å². The van der Waals surface area contributed by atoms with Gasteiger partial charge in [-0.2, -0.15) is 0 Å². The molecule has 0 fully saturated rings. The zero-order chi connectivity index (χ0) is 27.6. The average molecular weight is 557 g/mol. The molecule has 0 N–H and O–H groups in total. The van der Waals surface area contributed by atoms with Crippen molar-refractivity contribution in [3.05, 3.63) is 83.5 Å². The summed E-state index contributed by atoms with van der Waals surface area (Å²) < 4.78 is 24.2. The molecule has 3 aromatic rings. The summed E-state index contributed by atoms with van der Waals surface area (Å²) in [6, 6.07) is 9.69. The van der Waals surface area contributed by atoms with Crippen LogP contribution in [0.1, 0.15) is 44.9 Å². The van der Waals surface area contributed by atoms with Crippen LogP contribution in [0.25, 0.3) is 6.08 Å². The number of halogens is 1. The maximum Gasteiger partial charge on any atom is 0.338 e. The van der Waals surface area contributed by atoms with Gasteiger partial charge >= 0.3 is 5.97 Å². The highest BCUT2D eigenvalue weighted by Crippen LogP contribution is 2.37. The van der Waals surface area contributed by atoms with E-state index in [1.165, 1.54) is 23.0 Å². The van der Waals surface area contributed by atoms with Crippen molar-refractivity contribution in [3.63, 3.8) is 0 Å². The number of fused-ring (bicyclic) bond motifs is 1. The number of allylic oxidation sites excluding steroid dienone is 1. The summed E-state index contributed by atoms with van der Waals surface area (Å²) in [5.74, 6) is 1.10. The van der Waals surface area contributed by atoms with Gasteiger partial charge in [-0.05, 0) is 64.1 Å². The molecule has 10 heteroatoms. The number of hydrogen-bond acceptors (Lipinski definition) is 8. The number of rotatable bonds is 8. The van der Waals surface area contributed by atoms with Crippen LogP contribution in [-0.4, -0.2) is 37.5 Å². The van der Waals surface area contributed by atoms with Crippen molar-refractivity contribution in [1.29, 1.82) is 0 Å². The summed E-state index contributed by atoms with van der Waals surface area (Å²) in [6.45, 7) is 7.49. The number of ether oxygens (including phenoxy) is 4. The molecule has 0 saturated heterocycles. The van der Waals surface area contributed by atoms with Crippen molar-refractivity contribution >= 4 is 35.0 Å². The van der Waals surface area contributed by atoms with Crippen LogP contribution in [0, 0.1) is 0 Å². The lowest BCUT2D eigenvalue weighted by atomic mass is 9.95. The second-order valence-corrected chi connectivity index (χ2v) is 10.2. The predicted molar refractivity (Wildman–Crippen MR) is 147 cm³/mol. The molecule has 0 bridgehead atoms. The zero-order valence-electron chi connectivity index (χ0n) is 22.0. The molecule has 38 heavy (non-hydrogen) atoms. The van der Waals surface area contributed by atoms with E-state index in [9.17, 15) is 9.59 Å². The Kier molecular flexibility index (Phi) is 8.28. The van der Waals surface area contributed by atoms with Gasteiger partial charge in [-0.15, -0.1) is 0 Å². The lowest BCUT2D eigenvalue weighted by Crippen LogP contribution is -2.40. The maximum absolute atomic E-state index is 13.9. The van der Waals surface area contributed by atoms with Crippen LogP contribution in [0.3, 0.4) is 0 Å². The van der Waals surface area contributed by atoms with Gasteiger partial charge in [0.2, 0.25) is 0 Å². The third kappa shape index (κ3) is 5.35. The molecule has 0 spiro atoms. The van der Waals surface area contributed by atoms with Crippen LogP contribution in [0.2, 0.25) is 5.02 Å². The van der Waals surface area contributed by atoms with Gasteiger partial charge in [0.15, 0.2) is 4.80 Å². The number of aromatic nitrogens is 1. The third-order valence-electron chi connectivity index (χ3n) is 5.87. The number of carbonyl (C=O) groups is 1. The minimum absolute atomic E-state index is 0.0677. The number of hydrogen-bond donors (Lipinski definition) is 0. The molecular formula is C28H29ClN2O6S. The molecule has 0 amide bonds. The minimum atomic E-state index is -0.820. The molecule has 1 atom stereocenters. The van der Waals surface area contributed by atoms with Gasteiger partial charge in [0, 0.05) is 22.2 Å². The Morgan fingerprint density at radius 2 is 1.92 bits per heavy atom. The first-order valence-electron chi connectivity index (χ1n) is 12.1. The minimum Gasteiger partial charge on any atom is -0.497 e. The van der Waals surface area contributed by atoms with Crippen LogP contribution in [0.15, 0.2) is 57.5 Å². The zero-order valence-corrected chi connectivity index (χ0v) is 23.6. The van der Waals surface area contributed by atoms with Crippen molar-refractivity contribution in [2.75, 3.05) is 20.8 Å². The van der Waals surface area contributed by atoms with E-state index < -0.39 is 12.0 Å². The Bertz CT molecular complexity index is 1590. The van der Waals surface area contributed by atoms with Gasteiger partial charge in [-0.1, -0.05) is 22.9 Å². The lowest BCUT2D eigenvalue weighted by Gasteiger charge is -2.26. The van der Waals surface area contributed by atoms with Gasteiger partial charge in [-0.25, -0.2) is 9.79 Å². The van der Waals surface area contributed by atoms with E-state index in [1.54, 1.807) is 63.4 Å².